The second kappa shape index (κ2) is 5.44. The monoisotopic (exact) mass is 229 g/mol. The van der Waals surface area contributed by atoms with Crippen LogP contribution in [0.4, 0.5) is 0 Å². The third kappa shape index (κ3) is 2.82. The van der Waals surface area contributed by atoms with Gasteiger partial charge in [-0.3, -0.25) is 4.79 Å². The summed E-state index contributed by atoms with van der Waals surface area (Å²) in [7, 11) is 0. The summed E-state index contributed by atoms with van der Waals surface area (Å²) in [4.78, 5) is 18.1. The van der Waals surface area contributed by atoms with Crippen molar-refractivity contribution in [3.63, 3.8) is 0 Å². The van der Waals surface area contributed by atoms with E-state index in [9.17, 15) is 4.79 Å². The lowest BCUT2D eigenvalue weighted by atomic mass is 10.2. The van der Waals surface area contributed by atoms with E-state index < -0.39 is 0 Å². The molecule has 17 heavy (non-hydrogen) atoms. The number of nitriles is 1. The first-order valence-corrected chi connectivity index (χ1v) is 5.98. The van der Waals surface area contributed by atoms with E-state index in [4.69, 9.17) is 5.26 Å². The molecule has 4 nitrogen and oxygen atoms in total. The Morgan fingerprint density at radius 2 is 1.94 bits per heavy atom. The number of carbonyl (C=O) groups excluding carboxylic acids is 1. The first-order valence-electron chi connectivity index (χ1n) is 5.98. The van der Waals surface area contributed by atoms with Crippen molar-refractivity contribution < 1.29 is 4.79 Å². The van der Waals surface area contributed by atoms with E-state index in [-0.39, 0.29) is 5.91 Å². The van der Waals surface area contributed by atoms with Crippen LogP contribution in [0.2, 0.25) is 0 Å². The van der Waals surface area contributed by atoms with Gasteiger partial charge in [-0.15, -0.1) is 0 Å². The van der Waals surface area contributed by atoms with Crippen molar-refractivity contribution in [3.8, 4) is 6.07 Å². The van der Waals surface area contributed by atoms with Gasteiger partial charge in [-0.25, -0.2) is 4.98 Å². The average Bonchev–Trinajstić information content (AvgIpc) is 2.67. The molecule has 1 amide bonds. The Kier molecular flexibility index (Phi) is 3.71. The Hall–Kier alpha value is -1.89. The summed E-state index contributed by atoms with van der Waals surface area (Å²) >= 11 is 0. The largest absolute Gasteiger partial charge is 0.337 e. The summed E-state index contributed by atoms with van der Waals surface area (Å²) in [6, 6.07) is 6.95. The van der Waals surface area contributed by atoms with Crippen LogP contribution in [0.5, 0.6) is 0 Å². The molecule has 2 heterocycles. The summed E-state index contributed by atoms with van der Waals surface area (Å²) in [5.74, 6) is -0.0519. The van der Waals surface area contributed by atoms with Crippen LogP contribution >= 0.6 is 0 Å². The Morgan fingerprint density at radius 1 is 1.24 bits per heavy atom. The number of amides is 1. The van der Waals surface area contributed by atoms with Gasteiger partial charge in [-0.2, -0.15) is 5.26 Å². The molecule has 0 unspecified atom stereocenters. The third-order valence-electron chi connectivity index (χ3n) is 2.98. The number of hydrogen-bond donors (Lipinski definition) is 0. The van der Waals surface area contributed by atoms with Crippen LogP contribution in [-0.2, 0) is 0 Å². The molecule has 88 valence electrons. The highest BCUT2D eigenvalue weighted by Crippen LogP contribution is 2.12. The van der Waals surface area contributed by atoms with Crippen molar-refractivity contribution in [2.75, 3.05) is 13.1 Å². The summed E-state index contributed by atoms with van der Waals surface area (Å²) in [6.07, 6.45) is 4.50. The highest BCUT2D eigenvalue weighted by Gasteiger charge is 2.18. The molecule has 2 rings (SSSR count). The van der Waals surface area contributed by atoms with Crippen molar-refractivity contribution >= 4 is 5.91 Å². The molecule has 0 radical (unpaired) electrons. The van der Waals surface area contributed by atoms with Gasteiger partial charge in [0.1, 0.15) is 17.5 Å². The van der Waals surface area contributed by atoms with Gasteiger partial charge in [0.05, 0.1) is 0 Å². The molecule has 0 bridgehead atoms. The van der Waals surface area contributed by atoms with Gasteiger partial charge in [0, 0.05) is 13.1 Å². The van der Waals surface area contributed by atoms with Gasteiger partial charge in [0.25, 0.3) is 5.91 Å². The lowest BCUT2D eigenvalue weighted by molar-refractivity contribution is 0.0755. The molecule has 0 spiro atoms. The van der Waals surface area contributed by atoms with Gasteiger partial charge in [-0.1, -0.05) is 18.9 Å². The fourth-order valence-electron chi connectivity index (χ4n) is 2.05. The van der Waals surface area contributed by atoms with E-state index in [1.54, 1.807) is 18.2 Å². The molecule has 4 heteroatoms. The summed E-state index contributed by atoms with van der Waals surface area (Å²) in [5, 5.41) is 8.76. The molecule has 1 aliphatic rings. The zero-order valence-corrected chi connectivity index (χ0v) is 9.72. The number of nitrogens with zero attached hydrogens (tertiary/aromatic N) is 3. The smallest absolute Gasteiger partial charge is 0.272 e. The zero-order valence-electron chi connectivity index (χ0n) is 9.72. The van der Waals surface area contributed by atoms with E-state index in [0.29, 0.717) is 11.4 Å². The van der Waals surface area contributed by atoms with E-state index in [1.165, 1.54) is 12.8 Å². The maximum atomic E-state index is 12.2. The van der Waals surface area contributed by atoms with Crippen LogP contribution in [0.15, 0.2) is 18.2 Å². The molecule has 0 atom stereocenters. The predicted octanol–water partition coefficient (Wildman–Crippen LogP) is 1.97. The molecule has 0 saturated carbocycles. The standard InChI is InChI=1S/C13H15N3O/c14-10-11-6-5-7-12(15-11)13(17)16-8-3-1-2-4-9-16/h5-7H,1-4,8-9H2. The molecule has 1 fully saturated rings. The number of pyridine rings is 1. The Morgan fingerprint density at radius 3 is 2.59 bits per heavy atom. The predicted molar refractivity (Wildman–Crippen MR) is 63.3 cm³/mol. The number of hydrogen-bond acceptors (Lipinski definition) is 3. The minimum atomic E-state index is -0.0519. The third-order valence-corrected chi connectivity index (χ3v) is 2.98. The molecule has 1 aromatic rings. The Labute approximate surface area is 101 Å². The van der Waals surface area contributed by atoms with Crippen LogP contribution in [-0.4, -0.2) is 28.9 Å². The van der Waals surface area contributed by atoms with Crippen molar-refractivity contribution in [2.24, 2.45) is 0 Å². The van der Waals surface area contributed by atoms with Crippen LogP contribution in [0.25, 0.3) is 0 Å². The van der Waals surface area contributed by atoms with Gasteiger partial charge >= 0.3 is 0 Å². The maximum absolute atomic E-state index is 12.2. The average molecular weight is 229 g/mol. The molecule has 1 aliphatic heterocycles. The lowest BCUT2D eigenvalue weighted by Gasteiger charge is -2.19. The fraction of sp³-hybridized carbons (Fsp3) is 0.462. The van der Waals surface area contributed by atoms with Crippen LogP contribution in [0.3, 0.4) is 0 Å². The minimum absolute atomic E-state index is 0.0519. The first kappa shape index (κ1) is 11.6. The molecule has 1 aromatic heterocycles. The summed E-state index contributed by atoms with van der Waals surface area (Å²) in [5.41, 5.74) is 0.677. The van der Waals surface area contributed by atoms with E-state index in [1.807, 2.05) is 11.0 Å². The van der Waals surface area contributed by atoms with Crippen LogP contribution in [0.1, 0.15) is 41.9 Å². The Bertz CT molecular complexity index is 442. The van der Waals surface area contributed by atoms with Crippen molar-refractivity contribution in [3.05, 3.63) is 29.6 Å². The summed E-state index contributed by atoms with van der Waals surface area (Å²) < 4.78 is 0. The fourth-order valence-corrected chi connectivity index (χ4v) is 2.05. The van der Waals surface area contributed by atoms with Crippen molar-refractivity contribution in [1.29, 1.82) is 5.26 Å². The van der Waals surface area contributed by atoms with Gasteiger partial charge in [0.15, 0.2) is 0 Å². The lowest BCUT2D eigenvalue weighted by Crippen LogP contribution is -2.32. The van der Waals surface area contributed by atoms with Crippen molar-refractivity contribution in [1.82, 2.24) is 9.88 Å². The van der Waals surface area contributed by atoms with Gasteiger partial charge in [0.2, 0.25) is 0 Å². The number of aromatic nitrogens is 1. The molecule has 0 aromatic carbocycles. The summed E-state index contributed by atoms with van der Waals surface area (Å²) in [6.45, 7) is 1.61. The molecule has 0 N–H and O–H groups in total. The number of rotatable bonds is 1. The molecule has 1 saturated heterocycles. The highest BCUT2D eigenvalue weighted by atomic mass is 16.2. The van der Waals surface area contributed by atoms with Gasteiger partial charge < -0.3 is 4.90 Å². The molecular formula is C13H15N3O. The SMILES string of the molecule is N#Cc1cccc(C(=O)N2CCCCCC2)n1. The number of likely N-dealkylation sites (tertiary alicyclic amines) is 1. The zero-order chi connectivity index (χ0) is 12.1. The topological polar surface area (TPSA) is 57.0 Å². The van der Waals surface area contributed by atoms with E-state index >= 15 is 0 Å². The van der Waals surface area contributed by atoms with Crippen LogP contribution < -0.4 is 0 Å². The van der Waals surface area contributed by atoms with E-state index in [0.717, 1.165) is 25.9 Å². The van der Waals surface area contributed by atoms with Crippen LogP contribution in [0, 0.1) is 11.3 Å². The first-order chi connectivity index (χ1) is 8.31. The highest BCUT2D eigenvalue weighted by molar-refractivity contribution is 5.92. The maximum Gasteiger partial charge on any atom is 0.272 e. The van der Waals surface area contributed by atoms with Gasteiger partial charge in [-0.05, 0) is 25.0 Å². The second-order valence-electron chi connectivity index (χ2n) is 4.23. The quantitative estimate of drug-likeness (QED) is 0.739. The normalized spacial score (nSPS) is 16.1. The van der Waals surface area contributed by atoms with Crippen molar-refractivity contribution in [2.45, 2.75) is 25.7 Å². The molecular weight excluding hydrogens is 214 g/mol. The Balaban J connectivity index is 2.15. The van der Waals surface area contributed by atoms with E-state index in [2.05, 4.69) is 4.98 Å². The minimum Gasteiger partial charge on any atom is -0.337 e. The number of carbonyl (C=O) groups is 1. The molecule has 0 aliphatic carbocycles. The second-order valence-corrected chi connectivity index (χ2v) is 4.23.